The van der Waals surface area contributed by atoms with Gasteiger partial charge in [-0.15, -0.1) is 0 Å². The van der Waals surface area contributed by atoms with Crippen LogP contribution >= 0.6 is 0 Å². The van der Waals surface area contributed by atoms with Gasteiger partial charge in [-0.3, -0.25) is 28.8 Å². The number of non-ortho nitro benzene ring substituents is 1. The molecule has 0 amide bonds. The molecular formula is C18H18N4O6. The monoisotopic (exact) mass is 386 g/mol. The number of hydrogen-bond donors (Lipinski definition) is 0. The number of ether oxygens (including phenoxy) is 1. The van der Waals surface area contributed by atoms with E-state index in [4.69, 9.17) is 4.74 Å². The smallest absolute Gasteiger partial charge is 0.332 e. The summed E-state index contributed by atoms with van der Waals surface area (Å²) < 4.78 is 7.10. The van der Waals surface area contributed by atoms with Gasteiger partial charge in [0.05, 0.1) is 17.6 Å². The van der Waals surface area contributed by atoms with Crippen LogP contribution in [-0.2, 0) is 23.6 Å². The zero-order valence-corrected chi connectivity index (χ0v) is 15.7. The summed E-state index contributed by atoms with van der Waals surface area (Å²) in [6.45, 7) is 1.62. The lowest BCUT2D eigenvalue weighted by Crippen LogP contribution is -2.44. The number of nitro benzene ring substituents is 1. The van der Waals surface area contributed by atoms with Crippen LogP contribution in [0.2, 0.25) is 0 Å². The summed E-state index contributed by atoms with van der Waals surface area (Å²) in [6, 6.07) is 5.59. The molecule has 146 valence electrons. The van der Waals surface area contributed by atoms with Crippen LogP contribution in [0.25, 0.3) is 0 Å². The summed E-state index contributed by atoms with van der Waals surface area (Å²) in [7, 11) is 4.07. The highest BCUT2D eigenvalue weighted by Crippen LogP contribution is 2.40. The van der Waals surface area contributed by atoms with Crippen LogP contribution in [0.4, 0.5) is 11.5 Å². The zero-order valence-electron chi connectivity index (χ0n) is 15.7. The number of rotatable bonds is 3. The van der Waals surface area contributed by atoms with Crippen molar-refractivity contribution in [1.29, 1.82) is 0 Å². The molecule has 10 heteroatoms. The lowest BCUT2D eigenvalue weighted by molar-refractivity contribution is -0.384. The molecule has 2 unspecified atom stereocenters. The molecule has 0 saturated heterocycles. The Morgan fingerprint density at radius 2 is 1.79 bits per heavy atom. The second kappa shape index (κ2) is 6.87. The van der Waals surface area contributed by atoms with Crippen LogP contribution in [0.1, 0.15) is 24.0 Å². The largest absolute Gasteiger partial charge is 0.468 e. The number of nitro groups is 1. The number of methoxy groups -OCH3 is 1. The van der Waals surface area contributed by atoms with Gasteiger partial charge < -0.3 is 4.74 Å². The zero-order chi connectivity index (χ0) is 20.7. The van der Waals surface area contributed by atoms with Crippen LogP contribution in [-0.4, -0.2) is 32.8 Å². The van der Waals surface area contributed by atoms with E-state index in [9.17, 15) is 24.5 Å². The first-order chi connectivity index (χ1) is 13.2. The van der Waals surface area contributed by atoms with E-state index in [0.717, 1.165) is 4.57 Å². The third-order valence-corrected chi connectivity index (χ3v) is 4.96. The maximum absolute atomic E-state index is 12.9. The van der Waals surface area contributed by atoms with Crippen LogP contribution < -0.4 is 11.2 Å². The van der Waals surface area contributed by atoms with Gasteiger partial charge in [0.15, 0.2) is 0 Å². The summed E-state index contributed by atoms with van der Waals surface area (Å²) in [5.74, 6) is -2.13. The second-order valence-electron chi connectivity index (χ2n) is 6.52. The molecule has 0 radical (unpaired) electrons. The van der Waals surface area contributed by atoms with Gasteiger partial charge in [-0.1, -0.05) is 12.1 Å². The lowest BCUT2D eigenvalue weighted by atomic mass is 9.77. The first-order valence-electron chi connectivity index (χ1n) is 8.36. The van der Waals surface area contributed by atoms with Gasteiger partial charge >= 0.3 is 11.7 Å². The average Bonchev–Trinajstić information content (AvgIpc) is 2.69. The molecule has 0 N–H and O–H groups in total. The topological polar surface area (TPSA) is 126 Å². The molecule has 3 rings (SSSR count). The van der Waals surface area contributed by atoms with E-state index in [1.165, 1.54) is 50.0 Å². The van der Waals surface area contributed by atoms with Crippen molar-refractivity contribution in [2.75, 3.05) is 7.11 Å². The fourth-order valence-corrected chi connectivity index (χ4v) is 3.51. The minimum absolute atomic E-state index is 0.117. The average molecular weight is 386 g/mol. The maximum atomic E-state index is 12.9. The van der Waals surface area contributed by atoms with Gasteiger partial charge in [0.2, 0.25) is 0 Å². The summed E-state index contributed by atoms with van der Waals surface area (Å²) in [6.07, 6.45) is 0. The predicted molar refractivity (Wildman–Crippen MR) is 100 cm³/mol. The molecule has 0 spiro atoms. The fourth-order valence-electron chi connectivity index (χ4n) is 3.51. The van der Waals surface area contributed by atoms with Gasteiger partial charge in [0.1, 0.15) is 11.7 Å². The maximum Gasteiger partial charge on any atom is 0.332 e. The van der Waals surface area contributed by atoms with E-state index >= 15 is 0 Å². The molecule has 0 saturated carbocycles. The van der Waals surface area contributed by atoms with E-state index in [-0.39, 0.29) is 17.1 Å². The van der Waals surface area contributed by atoms with Gasteiger partial charge in [-0.05, 0) is 12.5 Å². The van der Waals surface area contributed by atoms with E-state index in [1.807, 2.05) is 0 Å². The number of nitrogens with zero attached hydrogens (tertiary/aromatic N) is 4. The second-order valence-corrected chi connectivity index (χ2v) is 6.52. The van der Waals surface area contributed by atoms with Crippen molar-refractivity contribution in [1.82, 2.24) is 9.13 Å². The van der Waals surface area contributed by atoms with Gasteiger partial charge in [-0.2, -0.15) is 0 Å². The van der Waals surface area contributed by atoms with Crippen molar-refractivity contribution >= 4 is 23.2 Å². The fraction of sp³-hybridized carbons (Fsp3) is 0.333. The summed E-state index contributed by atoms with van der Waals surface area (Å²) in [5, 5.41) is 11.0. The molecular weight excluding hydrogens is 368 g/mol. The van der Waals surface area contributed by atoms with Crippen molar-refractivity contribution in [3.05, 3.63) is 66.3 Å². The van der Waals surface area contributed by atoms with E-state index in [1.54, 1.807) is 6.92 Å². The molecule has 1 aromatic heterocycles. The molecule has 0 bridgehead atoms. The molecule has 2 heterocycles. The van der Waals surface area contributed by atoms with Crippen molar-refractivity contribution in [2.24, 2.45) is 25.0 Å². The highest BCUT2D eigenvalue weighted by molar-refractivity contribution is 6.04. The Labute approximate surface area is 158 Å². The third-order valence-electron chi connectivity index (χ3n) is 4.96. The summed E-state index contributed by atoms with van der Waals surface area (Å²) >= 11 is 0. The predicted octanol–water partition coefficient (Wildman–Crippen LogP) is 1.02. The number of benzene rings is 1. The minimum atomic E-state index is -0.899. The Bertz CT molecular complexity index is 1130. The van der Waals surface area contributed by atoms with Crippen molar-refractivity contribution in [3.63, 3.8) is 0 Å². The lowest BCUT2D eigenvalue weighted by Gasteiger charge is -2.31. The van der Waals surface area contributed by atoms with Crippen LogP contribution in [0.5, 0.6) is 0 Å². The number of carbonyl (C=O) groups excluding carboxylic acids is 1. The van der Waals surface area contributed by atoms with Gasteiger partial charge in [-0.25, -0.2) is 9.79 Å². The Balaban J connectivity index is 2.36. The molecule has 10 nitrogen and oxygen atoms in total. The summed E-state index contributed by atoms with van der Waals surface area (Å²) in [4.78, 5) is 52.5. The molecule has 2 aromatic rings. The van der Waals surface area contributed by atoms with Crippen LogP contribution in [0.3, 0.4) is 0 Å². The third kappa shape index (κ3) is 2.82. The number of hydrogen-bond acceptors (Lipinski definition) is 7. The van der Waals surface area contributed by atoms with E-state index in [2.05, 4.69) is 4.99 Å². The standard InChI is InChI=1S/C18H18N4O6/c1-9-12(17(24)28-4)13(10-5-7-11(8-6-10)22(26)27)14-15(19-9)20(2)18(25)21(3)16(14)23/h5-8,12-13H,1-4H3. The first kappa shape index (κ1) is 19.2. The summed E-state index contributed by atoms with van der Waals surface area (Å²) in [5.41, 5.74) is -0.184. The minimum Gasteiger partial charge on any atom is -0.468 e. The molecule has 0 aliphatic carbocycles. The number of aliphatic imine (C=N–C) groups is 1. The van der Waals surface area contributed by atoms with E-state index < -0.39 is 34.0 Å². The van der Waals surface area contributed by atoms with Crippen molar-refractivity contribution in [3.8, 4) is 0 Å². The van der Waals surface area contributed by atoms with Crippen molar-refractivity contribution in [2.45, 2.75) is 12.8 Å². The quantitative estimate of drug-likeness (QED) is 0.440. The van der Waals surface area contributed by atoms with Crippen LogP contribution in [0, 0.1) is 16.0 Å². The first-order valence-corrected chi connectivity index (χ1v) is 8.36. The van der Waals surface area contributed by atoms with E-state index in [0.29, 0.717) is 11.3 Å². The number of esters is 1. The van der Waals surface area contributed by atoms with Crippen molar-refractivity contribution < 1.29 is 14.5 Å². The molecule has 1 aromatic carbocycles. The van der Waals surface area contributed by atoms with Crippen LogP contribution in [0.15, 0.2) is 38.8 Å². The molecule has 28 heavy (non-hydrogen) atoms. The normalized spacial score (nSPS) is 18.2. The Morgan fingerprint density at radius 3 is 2.32 bits per heavy atom. The SMILES string of the molecule is COC(=O)C1C(C)=Nc2c(c(=O)n(C)c(=O)n2C)C1c1ccc([N+](=O)[O-])cc1. The highest BCUT2D eigenvalue weighted by atomic mass is 16.6. The number of aromatic nitrogens is 2. The molecule has 1 aliphatic rings. The van der Waals surface area contributed by atoms with Gasteiger partial charge in [0, 0.05) is 37.9 Å². The Morgan fingerprint density at radius 1 is 1.18 bits per heavy atom. The number of fused-ring (bicyclic) bond motifs is 1. The number of carbonyl (C=O) groups is 1. The van der Waals surface area contributed by atoms with Gasteiger partial charge in [0.25, 0.3) is 11.2 Å². The Kier molecular flexibility index (Phi) is 4.72. The Hall–Kier alpha value is -3.56. The molecule has 0 fully saturated rings. The molecule has 2 atom stereocenters. The highest BCUT2D eigenvalue weighted by Gasteiger charge is 2.41. The molecule has 1 aliphatic heterocycles.